The topological polar surface area (TPSA) is 134 Å². The first-order valence-electron chi connectivity index (χ1n) is 12.4. The minimum atomic E-state index is -3.75. The molecule has 2 aromatic heterocycles. The van der Waals surface area contributed by atoms with E-state index >= 15 is 0 Å². The van der Waals surface area contributed by atoms with Gasteiger partial charge in [-0.3, -0.25) is 15.0 Å². The Morgan fingerprint density at radius 3 is 2.44 bits per heavy atom. The highest BCUT2D eigenvalue weighted by atomic mass is 32.2. The van der Waals surface area contributed by atoms with Gasteiger partial charge in [-0.1, -0.05) is 23.5 Å². The largest absolute Gasteiger partial charge is 0.453 e. The third-order valence-electron chi connectivity index (χ3n) is 6.25. The van der Waals surface area contributed by atoms with Crippen molar-refractivity contribution in [1.82, 2.24) is 24.5 Å². The Morgan fingerprint density at radius 2 is 1.79 bits per heavy atom. The second-order valence-electron chi connectivity index (χ2n) is 9.32. The minimum Gasteiger partial charge on any atom is -0.453 e. The van der Waals surface area contributed by atoms with Crippen LogP contribution in [0.5, 0.6) is 0 Å². The van der Waals surface area contributed by atoms with E-state index in [-0.39, 0.29) is 21.3 Å². The Morgan fingerprint density at radius 1 is 1.08 bits per heavy atom. The lowest BCUT2D eigenvalue weighted by Gasteiger charge is -2.35. The Bertz CT molecular complexity index is 1460. The molecule has 14 heteroatoms. The first-order valence-corrected chi connectivity index (χ1v) is 15.5. The molecule has 11 nitrogen and oxygen atoms in total. The number of ether oxygens (including phenoxy) is 1. The lowest BCUT2D eigenvalue weighted by Crippen LogP contribution is -2.52. The van der Waals surface area contributed by atoms with Crippen LogP contribution in [0.1, 0.15) is 33.7 Å². The molecule has 0 unspecified atom stereocenters. The highest BCUT2D eigenvalue weighted by molar-refractivity contribution is 7.91. The molecule has 210 valence electrons. The van der Waals surface area contributed by atoms with Crippen LogP contribution in [0.15, 0.2) is 28.5 Å². The van der Waals surface area contributed by atoms with Crippen LogP contribution in [0.2, 0.25) is 0 Å². The second kappa shape index (κ2) is 12.1. The van der Waals surface area contributed by atoms with Crippen LogP contribution in [0.3, 0.4) is 0 Å². The summed E-state index contributed by atoms with van der Waals surface area (Å²) in [4.78, 5) is 36.2. The zero-order chi connectivity index (χ0) is 28.3. The quantitative estimate of drug-likeness (QED) is 0.406. The van der Waals surface area contributed by atoms with Crippen molar-refractivity contribution in [2.24, 2.45) is 0 Å². The van der Waals surface area contributed by atoms with Gasteiger partial charge in [-0.05, 0) is 45.4 Å². The molecule has 1 saturated heterocycles. The van der Waals surface area contributed by atoms with Gasteiger partial charge in [-0.2, -0.15) is 4.31 Å². The van der Waals surface area contributed by atoms with E-state index in [1.54, 1.807) is 24.3 Å². The summed E-state index contributed by atoms with van der Waals surface area (Å²) >= 11 is 2.51. The third kappa shape index (κ3) is 6.81. The van der Waals surface area contributed by atoms with Crippen LogP contribution >= 0.6 is 22.7 Å². The fourth-order valence-electron chi connectivity index (χ4n) is 4.42. The predicted molar refractivity (Wildman–Crippen MR) is 152 cm³/mol. The minimum absolute atomic E-state index is 0.105. The maximum Gasteiger partial charge on any atom is 0.413 e. The van der Waals surface area contributed by atoms with E-state index < -0.39 is 16.1 Å². The summed E-state index contributed by atoms with van der Waals surface area (Å²) in [6.45, 7) is 9.77. The summed E-state index contributed by atoms with van der Waals surface area (Å²) in [7, 11) is -2.53. The van der Waals surface area contributed by atoms with Crippen LogP contribution in [-0.4, -0.2) is 85.5 Å². The van der Waals surface area contributed by atoms with E-state index in [2.05, 4.69) is 30.2 Å². The number of benzene rings is 1. The van der Waals surface area contributed by atoms with Gasteiger partial charge in [-0.25, -0.2) is 23.2 Å². The number of nitrogens with one attached hydrogen (secondary N) is 2. The van der Waals surface area contributed by atoms with Gasteiger partial charge >= 0.3 is 6.09 Å². The van der Waals surface area contributed by atoms with Gasteiger partial charge in [0, 0.05) is 44.3 Å². The predicted octanol–water partition coefficient (Wildman–Crippen LogP) is 3.49. The van der Waals surface area contributed by atoms with Crippen molar-refractivity contribution >= 4 is 49.8 Å². The normalized spacial score (nSPS) is 15.6. The van der Waals surface area contributed by atoms with Crippen molar-refractivity contribution in [3.05, 3.63) is 46.2 Å². The Balaban J connectivity index is 1.32. The van der Waals surface area contributed by atoms with E-state index in [0.717, 1.165) is 32.5 Å². The molecule has 1 fully saturated rings. The van der Waals surface area contributed by atoms with Gasteiger partial charge in [0.2, 0.25) is 0 Å². The zero-order valence-corrected chi connectivity index (χ0v) is 24.9. The van der Waals surface area contributed by atoms with Gasteiger partial charge in [-0.15, -0.1) is 11.3 Å². The number of aromatic nitrogens is 2. The molecule has 1 aliphatic heterocycles. The number of sulfonamides is 1. The Labute approximate surface area is 236 Å². The molecule has 1 aliphatic rings. The van der Waals surface area contributed by atoms with Gasteiger partial charge < -0.3 is 10.1 Å². The number of anilines is 1. The van der Waals surface area contributed by atoms with E-state index in [0.29, 0.717) is 44.0 Å². The number of hydrogen-bond acceptors (Lipinski definition) is 10. The molecule has 1 atom stereocenters. The Hall–Kier alpha value is -2.91. The van der Waals surface area contributed by atoms with E-state index in [4.69, 9.17) is 0 Å². The average molecular weight is 593 g/mol. The van der Waals surface area contributed by atoms with Crippen molar-refractivity contribution in [3.8, 4) is 10.4 Å². The number of hydrogen-bond donors (Lipinski definition) is 2. The number of carbonyl (C=O) groups is 2. The fourth-order valence-corrected chi connectivity index (χ4v) is 8.30. The SMILES string of the molecule is COC(=O)Nc1nc(C)c(S(=O)(=O)N2CCN(C[C@H](C)NC(=O)c3cccc(-c4sc(C)nc4C)c3)CC2)s1. The summed E-state index contributed by atoms with van der Waals surface area (Å²) in [5.74, 6) is -0.151. The van der Waals surface area contributed by atoms with Gasteiger partial charge in [0.05, 0.1) is 28.4 Å². The number of aryl methyl sites for hydroxylation is 3. The van der Waals surface area contributed by atoms with Crippen molar-refractivity contribution in [1.29, 1.82) is 0 Å². The lowest BCUT2D eigenvalue weighted by atomic mass is 10.1. The molecule has 3 heterocycles. The first-order chi connectivity index (χ1) is 18.5. The number of rotatable bonds is 8. The van der Waals surface area contributed by atoms with E-state index in [1.165, 1.54) is 11.4 Å². The summed E-state index contributed by atoms with van der Waals surface area (Å²) in [5.41, 5.74) is 2.84. The summed E-state index contributed by atoms with van der Waals surface area (Å²) < 4.78 is 32.6. The molecule has 39 heavy (non-hydrogen) atoms. The van der Waals surface area contributed by atoms with Crippen LogP contribution in [0, 0.1) is 20.8 Å². The monoisotopic (exact) mass is 592 g/mol. The molecule has 0 spiro atoms. The fraction of sp³-hybridized carbons (Fsp3) is 0.440. The highest BCUT2D eigenvalue weighted by Crippen LogP contribution is 2.31. The van der Waals surface area contributed by atoms with Gasteiger partial charge in [0.15, 0.2) is 9.34 Å². The third-order valence-corrected chi connectivity index (χ3v) is 10.9. The van der Waals surface area contributed by atoms with Gasteiger partial charge in [0.25, 0.3) is 15.9 Å². The Kier molecular flexibility index (Phi) is 9.01. The molecule has 2 N–H and O–H groups in total. The molecular weight excluding hydrogens is 561 g/mol. The van der Waals surface area contributed by atoms with Crippen molar-refractivity contribution < 1.29 is 22.7 Å². The molecule has 0 bridgehead atoms. The first kappa shape index (κ1) is 29.1. The van der Waals surface area contributed by atoms with Crippen LogP contribution < -0.4 is 10.6 Å². The standard InChI is InChI=1S/C25H32N6O5S3/c1-15(26-22(32)20-8-6-7-19(13-20)21-16(2)27-18(4)37-21)14-30-9-11-31(12-10-30)39(34,35)23-17(3)28-24(38-23)29-25(33)36-5/h6-8,13,15H,9-12,14H2,1-5H3,(H,26,32)(H,28,29,33)/t15-/m0/s1. The van der Waals surface area contributed by atoms with E-state index in [1.807, 2.05) is 39.0 Å². The molecule has 4 rings (SSSR count). The lowest BCUT2D eigenvalue weighted by molar-refractivity contribution is 0.0922. The molecule has 0 saturated carbocycles. The molecule has 2 amide bonds. The highest BCUT2D eigenvalue weighted by Gasteiger charge is 2.32. The zero-order valence-electron chi connectivity index (χ0n) is 22.5. The number of thiazole rings is 2. The van der Waals surface area contributed by atoms with Gasteiger partial charge in [0.1, 0.15) is 0 Å². The van der Waals surface area contributed by atoms with Crippen molar-refractivity contribution in [2.75, 3.05) is 45.2 Å². The molecule has 3 aromatic rings. The number of methoxy groups -OCH3 is 1. The van der Waals surface area contributed by atoms with Crippen molar-refractivity contribution in [3.63, 3.8) is 0 Å². The molecule has 1 aromatic carbocycles. The molecule has 0 aliphatic carbocycles. The maximum atomic E-state index is 13.2. The smallest absolute Gasteiger partial charge is 0.413 e. The number of nitrogens with zero attached hydrogens (tertiary/aromatic N) is 4. The average Bonchev–Trinajstić information content (AvgIpc) is 3.44. The maximum absolute atomic E-state index is 13.2. The number of piperazine rings is 1. The van der Waals surface area contributed by atoms with Crippen LogP contribution in [0.4, 0.5) is 9.93 Å². The van der Waals surface area contributed by atoms with Crippen LogP contribution in [0.25, 0.3) is 10.4 Å². The van der Waals surface area contributed by atoms with E-state index in [9.17, 15) is 18.0 Å². The number of amides is 2. The van der Waals surface area contributed by atoms with Crippen molar-refractivity contribution in [2.45, 2.75) is 37.9 Å². The summed E-state index contributed by atoms with van der Waals surface area (Å²) in [6, 6.07) is 7.41. The molecule has 0 radical (unpaired) electrons. The summed E-state index contributed by atoms with van der Waals surface area (Å²) in [5, 5.41) is 6.64. The molecular formula is C25H32N6O5S3. The summed E-state index contributed by atoms with van der Waals surface area (Å²) in [6.07, 6.45) is -0.708. The van der Waals surface area contributed by atoms with Crippen LogP contribution in [-0.2, 0) is 14.8 Å². The second-order valence-corrected chi connectivity index (χ2v) is 13.7. The number of carbonyl (C=O) groups excluding carboxylic acids is 2.